The zero-order valence-electron chi connectivity index (χ0n) is 10.6. The van der Waals surface area contributed by atoms with Gasteiger partial charge in [-0.25, -0.2) is 0 Å². The molecule has 94 valence electrons. The summed E-state index contributed by atoms with van der Waals surface area (Å²) >= 11 is 0. The Morgan fingerprint density at radius 2 is 2.00 bits per heavy atom. The number of pyridine rings is 1. The fourth-order valence-electron chi connectivity index (χ4n) is 1.66. The Hall–Kier alpha value is -1.87. The van der Waals surface area contributed by atoms with Crippen LogP contribution in [0.3, 0.4) is 0 Å². The van der Waals surface area contributed by atoms with Crippen LogP contribution >= 0.6 is 0 Å². The van der Waals surface area contributed by atoms with Crippen LogP contribution in [-0.4, -0.2) is 11.5 Å². The molecule has 0 radical (unpaired) electrons. The van der Waals surface area contributed by atoms with Crippen LogP contribution in [0.25, 0.3) is 0 Å². The predicted octanol–water partition coefficient (Wildman–Crippen LogP) is 3.37. The van der Waals surface area contributed by atoms with Crippen LogP contribution in [0.4, 0.5) is 0 Å². The van der Waals surface area contributed by atoms with Crippen LogP contribution in [-0.2, 0) is 6.54 Å². The normalized spacial score (nSPS) is 10.3. The Kier molecular flexibility index (Phi) is 4.73. The number of benzene rings is 1. The van der Waals surface area contributed by atoms with E-state index in [2.05, 4.69) is 17.2 Å². The number of ether oxygens (including phenoxy) is 1. The van der Waals surface area contributed by atoms with Gasteiger partial charge in [-0.3, -0.25) is 4.98 Å². The lowest BCUT2D eigenvalue weighted by molar-refractivity contribution is 0.471. The number of hydrogen-bond acceptors (Lipinski definition) is 3. The van der Waals surface area contributed by atoms with Crippen molar-refractivity contribution in [2.24, 2.45) is 0 Å². The van der Waals surface area contributed by atoms with Crippen molar-refractivity contribution in [3.8, 4) is 11.5 Å². The average Bonchev–Trinajstić information content (AvgIpc) is 2.42. The minimum atomic E-state index is 0.782. The second kappa shape index (κ2) is 6.77. The Balaban J connectivity index is 2.07. The first-order valence-corrected chi connectivity index (χ1v) is 6.26. The third-order valence-electron chi connectivity index (χ3n) is 2.57. The Morgan fingerprint density at radius 3 is 2.78 bits per heavy atom. The molecule has 0 aliphatic rings. The van der Waals surface area contributed by atoms with E-state index in [1.54, 1.807) is 6.20 Å². The number of nitrogens with one attached hydrogen (secondary N) is 1. The molecule has 0 spiro atoms. The van der Waals surface area contributed by atoms with Crippen LogP contribution in [0.5, 0.6) is 11.5 Å². The van der Waals surface area contributed by atoms with Crippen molar-refractivity contribution >= 4 is 0 Å². The fourth-order valence-corrected chi connectivity index (χ4v) is 1.66. The van der Waals surface area contributed by atoms with Crippen LogP contribution in [0, 0.1) is 0 Å². The number of rotatable bonds is 6. The van der Waals surface area contributed by atoms with Gasteiger partial charge in [0.2, 0.25) is 0 Å². The van der Waals surface area contributed by atoms with Gasteiger partial charge >= 0.3 is 0 Å². The summed E-state index contributed by atoms with van der Waals surface area (Å²) in [6.07, 6.45) is 4.72. The summed E-state index contributed by atoms with van der Waals surface area (Å²) in [6, 6.07) is 11.7. The van der Waals surface area contributed by atoms with E-state index in [4.69, 9.17) is 4.74 Å². The van der Waals surface area contributed by atoms with Crippen LogP contribution in [0.2, 0.25) is 0 Å². The van der Waals surface area contributed by atoms with Gasteiger partial charge in [0.05, 0.1) is 0 Å². The molecule has 3 nitrogen and oxygen atoms in total. The zero-order chi connectivity index (χ0) is 12.6. The standard InChI is InChI=1S/C15H18N2O/c1-2-9-16-11-13-12-17-10-8-15(13)18-14-6-4-3-5-7-14/h3-8,10,12,16H,2,9,11H2,1H3. The van der Waals surface area contributed by atoms with E-state index in [-0.39, 0.29) is 0 Å². The minimum absolute atomic E-state index is 0.782. The van der Waals surface area contributed by atoms with E-state index in [0.29, 0.717) is 0 Å². The first-order valence-electron chi connectivity index (χ1n) is 6.26. The second-order valence-electron chi connectivity index (χ2n) is 4.08. The maximum absolute atomic E-state index is 5.86. The van der Waals surface area contributed by atoms with E-state index in [1.807, 2.05) is 42.6 Å². The van der Waals surface area contributed by atoms with E-state index in [0.717, 1.165) is 36.6 Å². The smallest absolute Gasteiger partial charge is 0.134 e. The first kappa shape index (κ1) is 12.6. The van der Waals surface area contributed by atoms with Crippen molar-refractivity contribution in [2.45, 2.75) is 19.9 Å². The number of nitrogens with zero attached hydrogens (tertiary/aromatic N) is 1. The molecule has 0 amide bonds. The van der Waals surface area contributed by atoms with Gasteiger partial charge in [0.15, 0.2) is 0 Å². The van der Waals surface area contributed by atoms with Crippen molar-refractivity contribution in [3.05, 3.63) is 54.4 Å². The number of aromatic nitrogens is 1. The lowest BCUT2D eigenvalue weighted by atomic mass is 10.2. The molecule has 0 aliphatic carbocycles. The zero-order valence-corrected chi connectivity index (χ0v) is 10.6. The lowest BCUT2D eigenvalue weighted by Gasteiger charge is -2.11. The van der Waals surface area contributed by atoms with Gasteiger partial charge < -0.3 is 10.1 Å². The second-order valence-corrected chi connectivity index (χ2v) is 4.08. The van der Waals surface area contributed by atoms with Crippen molar-refractivity contribution in [1.82, 2.24) is 10.3 Å². The molecule has 0 aliphatic heterocycles. The van der Waals surface area contributed by atoms with Gasteiger partial charge in [0, 0.05) is 24.5 Å². The maximum Gasteiger partial charge on any atom is 0.134 e. The summed E-state index contributed by atoms with van der Waals surface area (Å²) in [4.78, 5) is 4.15. The topological polar surface area (TPSA) is 34.2 Å². The van der Waals surface area contributed by atoms with Gasteiger partial charge in [-0.05, 0) is 31.2 Å². The van der Waals surface area contributed by atoms with Gasteiger partial charge in [0.25, 0.3) is 0 Å². The highest BCUT2D eigenvalue weighted by molar-refractivity contribution is 5.35. The molecule has 1 aromatic heterocycles. The molecule has 0 atom stereocenters. The van der Waals surface area contributed by atoms with Gasteiger partial charge in [-0.15, -0.1) is 0 Å². The molecule has 2 aromatic rings. The summed E-state index contributed by atoms with van der Waals surface area (Å²) in [5.74, 6) is 1.71. The summed E-state index contributed by atoms with van der Waals surface area (Å²) in [5.41, 5.74) is 1.08. The first-order chi connectivity index (χ1) is 8.90. The molecule has 1 heterocycles. The molecular formula is C15H18N2O. The van der Waals surface area contributed by atoms with E-state index < -0.39 is 0 Å². The van der Waals surface area contributed by atoms with Gasteiger partial charge in [-0.2, -0.15) is 0 Å². The Bertz CT molecular complexity index is 471. The molecule has 2 rings (SSSR count). The van der Waals surface area contributed by atoms with Crippen LogP contribution < -0.4 is 10.1 Å². The van der Waals surface area contributed by atoms with E-state index in [1.165, 1.54) is 0 Å². The molecule has 0 saturated carbocycles. The highest BCUT2D eigenvalue weighted by Gasteiger charge is 2.04. The van der Waals surface area contributed by atoms with E-state index in [9.17, 15) is 0 Å². The van der Waals surface area contributed by atoms with Crippen molar-refractivity contribution in [2.75, 3.05) is 6.54 Å². The predicted molar refractivity (Wildman–Crippen MR) is 72.8 cm³/mol. The lowest BCUT2D eigenvalue weighted by Crippen LogP contribution is -2.14. The van der Waals surface area contributed by atoms with Crippen LogP contribution in [0.15, 0.2) is 48.8 Å². The quantitative estimate of drug-likeness (QED) is 0.788. The van der Waals surface area contributed by atoms with Crippen molar-refractivity contribution in [3.63, 3.8) is 0 Å². The number of hydrogen-bond donors (Lipinski definition) is 1. The molecule has 0 unspecified atom stereocenters. The van der Waals surface area contributed by atoms with Crippen LogP contribution in [0.1, 0.15) is 18.9 Å². The molecule has 3 heteroatoms. The summed E-state index contributed by atoms with van der Waals surface area (Å²) in [7, 11) is 0. The SMILES string of the molecule is CCCNCc1cnccc1Oc1ccccc1. The third-order valence-corrected chi connectivity index (χ3v) is 2.57. The summed E-state index contributed by atoms with van der Waals surface area (Å²) in [6.45, 7) is 3.93. The van der Waals surface area contributed by atoms with Gasteiger partial charge in [0.1, 0.15) is 11.5 Å². The monoisotopic (exact) mass is 242 g/mol. The van der Waals surface area contributed by atoms with Gasteiger partial charge in [-0.1, -0.05) is 25.1 Å². The minimum Gasteiger partial charge on any atom is -0.457 e. The molecule has 18 heavy (non-hydrogen) atoms. The fraction of sp³-hybridized carbons (Fsp3) is 0.267. The molecular weight excluding hydrogens is 224 g/mol. The Morgan fingerprint density at radius 1 is 1.17 bits per heavy atom. The highest BCUT2D eigenvalue weighted by Crippen LogP contribution is 2.23. The van der Waals surface area contributed by atoms with Crippen molar-refractivity contribution < 1.29 is 4.74 Å². The molecule has 1 aromatic carbocycles. The highest BCUT2D eigenvalue weighted by atomic mass is 16.5. The Labute approximate surface area is 108 Å². The van der Waals surface area contributed by atoms with E-state index >= 15 is 0 Å². The summed E-state index contributed by atoms with van der Waals surface area (Å²) in [5, 5.41) is 3.36. The molecule has 0 fully saturated rings. The van der Waals surface area contributed by atoms with Crippen molar-refractivity contribution in [1.29, 1.82) is 0 Å². The largest absolute Gasteiger partial charge is 0.457 e. The molecule has 1 N–H and O–H groups in total. The molecule has 0 bridgehead atoms. The average molecular weight is 242 g/mol. The number of para-hydroxylation sites is 1. The summed E-state index contributed by atoms with van der Waals surface area (Å²) < 4.78 is 5.86. The maximum atomic E-state index is 5.86. The third kappa shape index (κ3) is 3.57. The molecule has 0 saturated heterocycles.